The molecule has 0 unspecified atom stereocenters. The summed E-state index contributed by atoms with van der Waals surface area (Å²) in [5.41, 5.74) is -0.520. The number of halogens is 3. The summed E-state index contributed by atoms with van der Waals surface area (Å²) < 4.78 is 46.0. The van der Waals surface area contributed by atoms with Gasteiger partial charge in [0.1, 0.15) is 6.10 Å². The summed E-state index contributed by atoms with van der Waals surface area (Å²) in [5, 5.41) is 12.8. The lowest BCUT2D eigenvalue weighted by molar-refractivity contribution is -0.137. The number of nitriles is 1. The molecule has 2 aliphatic rings. The first kappa shape index (κ1) is 17.8. The fourth-order valence-electron chi connectivity index (χ4n) is 3.99. The summed E-state index contributed by atoms with van der Waals surface area (Å²) in [4.78, 5) is 4.30. The van der Waals surface area contributed by atoms with Crippen LogP contribution in [0.2, 0.25) is 0 Å². The van der Waals surface area contributed by atoms with E-state index in [1.807, 2.05) is 6.07 Å². The number of pyridine rings is 1. The molecule has 2 fully saturated rings. The summed E-state index contributed by atoms with van der Waals surface area (Å²) in [5.74, 6) is 0.201. The summed E-state index contributed by atoms with van der Waals surface area (Å²) in [7, 11) is 0. The van der Waals surface area contributed by atoms with E-state index in [0.717, 1.165) is 31.7 Å². The Morgan fingerprint density at radius 2 is 1.81 bits per heavy atom. The highest BCUT2D eigenvalue weighted by atomic mass is 19.4. The van der Waals surface area contributed by atoms with Crippen LogP contribution in [-0.2, 0) is 6.18 Å². The molecule has 4 nitrogen and oxygen atoms in total. The second-order valence-electron chi connectivity index (χ2n) is 7.08. The average molecular weight is 373 g/mol. The second-order valence-corrected chi connectivity index (χ2v) is 7.08. The predicted molar refractivity (Wildman–Crippen MR) is 93.0 cm³/mol. The Bertz CT molecular complexity index is 879. The zero-order valence-corrected chi connectivity index (χ0v) is 14.5. The molecule has 3 heterocycles. The summed E-state index contributed by atoms with van der Waals surface area (Å²) in [6.07, 6.45) is -0.653. The fourth-order valence-corrected chi connectivity index (χ4v) is 3.99. The molecule has 2 saturated heterocycles. The van der Waals surface area contributed by atoms with Crippen molar-refractivity contribution in [1.82, 2.24) is 10.3 Å². The lowest BCUT2D eigenvalue weighted by atomic mass is 10.0. The SMILES string of the molecule is N#Cc1cc(O[C@@H]2C[C@H]3CC[C@@H](C2)N3)nc(-c2ccccc2C(F)(F)F)c1. The number of hydrogen-bond donors (Lipinski definition) is 1. The van der Waals surface area contributed by atoms with Crippen molar-refractivity contribution >= 4 is 0 Å². The summed E-state index contributed by atoms with van der Waals surface area (Å²) >= 11 is 0. The van der Waals surface area contributed by atoms with Crippen molar-refractivity contribution in [3.8, 4) is 23.2 Å². The fraction of sp³-hybridized carbons (Fsp3) is 0.400. The molecule has 0 amide bonds. The van der Waals surface area contributed by atoms with Gasteiger partial charge in [-0.15, -0.1) is 0 Å². The monoisotopic (exact) mass is 373 g/mol. The first-order chi connectivity index (χ1) is 12.9. The van der Waals surface area contributed by atoms with Crippen molar-refractivity contribution in [1.29, 1.82) is 5.26 Å². The number of alkyl halides is 3. The number of rotatable bonds is 3. The number of hydrogen-bond acceptors (Lipinski definition) is 4. The third-order valence-electron chi connectivity index (χ3n) is 5.16. The zero-order chi connectivity index (χ0) is 19.0. The van der Waals surface area contributed by atoms with E-state index >= 15 is 0 Å². The molecule has 0 aliphatic carbocycles. The normalized spacial score (nSPS) is 24.4. The van der Waals surface area contributed by atoms with E-state index in [0.29, 0.717) is 12.1 Å². The minimum absolute atomic E-state index is 0.0455. The molecule has 1 aromatic carbocycles. The zero-order valence-electron chi connectivity index (χ0n) is 14.5. The van der Waals surface area contributed by atoms with Crippen LogP contribution in [0.3, 0.4) is 0 Å². The molecule has 140 valence electrons. The van der Waals surface area contributed by atoms with Gasteiger partial charge in [0.25, 0.3) is 0 Å². The van der Waals surface area contributed by atoms with E-state index in [-0.39, 0.29) is 28.8 Å². The standard InChI is InChI=1S/C20H18F3N3O/c21-20(22,23)17-4-2-1-3-16(17)18-7-12(11-24)8-19(26-18)27-15-9-13-5-6-14(10-15)25-13/h1-4,7-8,13-15,25H,5-6,9-10H2/t13-,14+,15-. The maximum atomic E-state index is 13.4. The quantitative estimate of drug-likeness (QED) is 0.872. The molecule has 2 aliphatic heterocycles. The number of nitrogens with one attached hydrogen (secondary N) is 1. The van der Waals surface area contributed by atoms with Crippen molar-refractivity contribution in [2.75, 3.05) is 0 Å². The van der Waals surface area contributed by atoms with Crippen molar-refractivity contribution in [3.05, 3.63) is 47.5 Å². The average Bonchev–Trinajstić information content (AvgIpc) is 2.99. The second kappa shape index (κ2) is 6.86. The van der Waals surface area contributed by atoms with Gasteiger partial charge in [0.05, 0.1) is 22.9 Å². The molecule has 0 radical (unpaired) electrons. The maximum absolute atomic E-state index is 13.4. The van der Waals surface area contributed by atoms with Crippen molar-refractivity contribution < 1.29 is 17.9 Å². The van der Waals surface area contributed by atoms with Gasteiger partial charge in [0.15, 0.2) is 0 Å². The van der Waals surface area contributed by atoms with Gasteiger partial charge < -0.3 is 10.1 Å². The molecule has 2 bridgehead atoms. The number of fused-ring (bicyclic) bond motifs is 2. The lowest BCUT2D eigenvalue weighted by Crippen LogP contribution is -2.42. The number of benzene rings is 1. The number of piperidine rings is 1. The Balaban J connectivity index is 1.67. The Hall–Kier alpha value is -2.59. The molecule has 4 rings (SSSR count). The lowest BCUT2D eigenvalue weighted by Gasteiger charge is -2.29. The van der Waals surface area contributed by atoms with Crippen LogP contribution in [0.4, 0.5) is 13.2 Å². The van der Waals surface area contributed by atoms with Crippen LogP contribution in [0.5, 0.6) is 5.88 Å². The van der Waals surface area contributed by atoms with Crippen LogP contribution >= 0.6 is 0 Å². The molecule has 1 aromatic heterocycles. The number of nitrogens with zero attached hydrogens (tertiary/aromatic N) is 2. The van der Waals surface area contributed by atoms with E-state index in [1.165, 1.54) is 30.3 Å². The molecule has 3 atom stereocenters. The molecule has 7 heteroatoms. The van der Waals surface area contributed by atoms with E-state index in [1.54, 1.807) is 0 Å². The largest absolute Gasteiger partial charge is 0.474 e. The number of aromatic nitrogens is 1. The first-order valence-electron chi connectivity index (χ1n) is 8.94. The van der Waals surface area contributed by atoms with E-state index in [4.69, 9.17) is 4.74 Å². The molecule has 1 N–H and O–H groups in total. The molecular weight excluding hydrogens is 355 g/mol. The van der Waals surface area contributed by atoms with Crippen molar-refractivity contribution in [2.45, 2.75) is 50.0 Å². The minimum Gasteiger partial charge on any atom is -0.474 e. The summed E-state index contributed by atoms with van der Waals surface area (Å²) in [6, 6.07) is 10.9. The molecule has 0 saturated carbocycles. The Morgan fingerprint density at radius 1 is 1.11 bits per heavy atom. The van der Waals surface area contributed by atoms with Gasteiger partial charge in [-0.2, -0.15) is 18.4 Å². The highest BCUT2D eigenvalue weighted by Crippen LogP contribution is 2.37. The third-order valence-corrected chi connectivity index (χ3v) is 5.16. The predicted octanol–water partition coefficient (Wildman–Crippen LogP) is 4.30. The van der Waals surface area contributed by atoms with Gasteiger partial charge in [0, 0.05) is 23.7 Å². The third kappa shape index (κ3) is 3.76. The Labute approximate surface area is 155 Å². The molecule has 0 spiro atoms. The van der Waals surface area contributed by atoms with Gasteiger partial charge in [-0.25, -0.2) is 4.98 Å². The molecule has 27 heavy (non-hydrogen) atoms. The molecule has 2 aromatic rings. The van der Waals surface area contributed by atoms with Crippen LogP contribution in [0.1, 0.15) is 36.8 Å². The van der Waals surface area contributed by atoms with Gasteiger partial charge in [-0.1, -0.05) is 18.2 Å². The first-order valence-corrected chi connectivity index (χ1v) is 8.94. The topological polar surface area (TPSA) is 57.9 Å². The minimum atomic E-state index is -4.50. The van der Waals surface area contributed by atoms with Crippen molar-refractivity contribution in [2.24, 2.45) is 0 Å². The van der Waals surface area contributed by atoms with Gasteiger partial charge >= 0.3 is 6.18 Å². The van der Waals surface area contributed by atoms with Crippen LogP contribution in [-0.4, -0.2) is 23.2 Å². The highest BCUT2D eigenvalue weighted by Gasteiger charge is 2.35. The van der Waals surface area contributed by atoms with E-state index < -0.39 is 11.7 Å². The highest BCUT2D eigenvalue weighted by molar-refractivity contribution is 5.66. The smallest absolute Gasteiger partial charge is 0.417 e. The van der Waals surface area contributed by atoms with E-state index in [2.05, 4.69) is 10.3 Å². The Morgan fingerprint density at radius 3 is 2.48 bits per heavy atom. The van der Waals surface area contributed by atoms with Gasteiger partial charge in [-0.3, -0.25) is 0 Å². The number of ether oxygens (including phenoxy) is 1. The van der Waals surface area contributed by atoms with E-state index in [9.17, 15) is 18.4 Å². The summed E-state index contributed by atoms with van der Waals surface area (Å²) in [6.45, 7) is 0. The van der Waals surface area contributed by atoms with Gasteiger partial charge in [-0.05, 0) is 37.8 Å². The Kier molecular flexibility index (Phi) is 4.52. The van der Waals surface area contributed by atoms with Gasteiger partial charge in [0.2, 0.25) is 5.88 Å². The van der Waals surface area contributed by atoms with Crippen LogP contribution in [0.25, 0.3) is 11.3 Å². The van der Waals surface area contributed by atoms with Crippen LogP contribution in [0.15, 0.2) is 36.4 Å². The maximum Gasteiger partial charge on any atom is 0.417 e. The van der Waals surface area contributed by atoms with Crippen molar-refractivity contribution in [3.63, 3.8) is 0 Å². The molecular formula is C20H18F3N3O. The van der Waals surface area contributed by atoms with Crippen LogP contribution in [0, 0.1) is 11.3 Å². The van der Waals surface area contributed by atoms with Crippen LogP contribution < -0.4 is 10.1 Å².